The van der Waals surface area contributed by atoms with Crippen LogP contribution in [0.3, 0.4) is 0 Å². The van der Waals surface area contributed by atoms with Gasteiger partial charge in [-0.25, -0.2) is 0 Å². The van der Waals surface area contributed by atoms with Crippen LogP contribution >= 0.6 is 11.3 Å². The van der Waals surface area contributed by atoms with Crippen molar-refractivity contribution in [1.82, 2.24) is 4.90 Å². The van der Waals surface area contributed by atoms with E-state index in [2.05, 4.69) is 13.0 Å². The van der Waals surface area contributed by atoms with Crippen molar-refractivity contribution < 1.29 is 4.79 Å². The van der Waals surface area contributed by atoms with Gasteiger partial charge in [0, 0.05) is 34.6 Å². The van der Waals surface area contributed by atoms with Gasteiger partial charge in [0.1, 0.15) is 0 Å². The molecule has 1 aliphatic heterocycles. The van der Waals surface area contributed by atoms with Crippen molar-refractivity contribution in [2.45, 2.75) is 13.0 Å². The van der Waals surface area contributed by atoms with E-state index < -0.39 is 0 Å². The Morgan fingerprint density at radius 1 is 1.39 bits per heavy atom. The molecule has 2 aromatic rings. The van der Waals surface area contributed by atoms with Crippen molar-refractivity contribution in [2.75, 3.05) is 13.1 Å². The molecule has 1 amide bonds. The fourth-order valence-corrected chi connectivity index (χ4v) is 3.41. The summed E-state index contributed by atoms with van der Waals surface area (Å²) >= 11 is 1.62. The Hall–Kier alpha value is -1.39. The molecule has 0 bridgehead atoms. The van der Waals surface area contributed by atoms with E-state index in [1.165, 1.54) is 0 Å². The predicted octanol–water partition coefficient (Wildman–Crippen LogP) is 2.32. The van der Waals surface area contributed by atoms with Crippen LogP contribution < -0.4 is 5.73 Å². The lowest BCUT2D eigenvalue weighted by Crippen LogP contribution is -2.32. The Kier molecular flexibility index (Phi) is 2.84. The van der Waals surface area contributed by atoms with E-state index >= 15 is 0 Å². The molecule has 0 radical (unpaired) electrons. The van der Waals surface area contributed by atoms with Gasteiger partial charge in [0.15, 0.2) is 0 Å². The van der Waals surface area contributed by atoms with Gasteiger partial charge in [-0.15, -0.1) is 11.3 Å². The lowest BCUT2D eigenvalue weighted by molar-refractivity contribution is 0.0789. The summed E-state index contributed by atoms with van der Waals surface area (Å²) in [6.07, 6.45) is 0. The van der Waals surface area contributed by atoms with Crippen LogP contribution in [0.15, 0.2) is 29.6 Å². The number of carbonyl (C=O) groups is 1. The molecular formula is C14H16N2OS. The van der Waals surface area contributed by atoms with Crippen LogP contribution in [0.5, 0.6) is 0 Å². The van der Waals surface area contributed by atoms with Crippen molar-refractivity contribution in [2.24, 2.45) is 11.7 Å². The highest BCUT2D eigenvalue weighted by Gasteiger charge is 2.31. The molecule has 2 N–H and O–H groups in total. The molecular weight excluding hydrogens is 244 g/mol. The Labute approximate surface area is 110 Å². The molecule has 1 aliphatic rings. The number of nitrogens with two attached hydrogens (primary N) is 1. The van der Waals surface area contributed by atoms with Crippen LogP contribution in [-0.2, 0) is 0 Å². The summed E-state index contributed by atoms with van der Waals surface area (Å²) in [6.45, 7) is 3.54. The van der Waals surface area contributed by atoms with Gasteiger partial charge in [0.2, 0.25) is 0 Å². The molecule has 2 heterocycles. The lowest BCUT2D eigenvalue weighted by Gasteiger charge is -2.15. The first-order valence-corrected chi connectivity index (χ1v) is 7.06. The summed E-state index contributed by atoms with van der Waals surface area (Å²) < 4.78 is 1.16. The maximum absolute atomic E-state index is 12.5. The number of likely N-dealkylation sites (tertiary alicyclic amines) is 1. The molecule has 2 unspecified atom stereocenters. The molecule has 4 heteroatoms. The van der Waals surface area contributed by atoms with Gasteiger partial charge in [-0.1, -0.05) is 25.1 Å². The molecule has 1 aromatic heterocycles. The summed E-state index contributed by atoms with van der Waals surface area (Å²) in [4.78, 5) is 14.4. The third-order valence-corrected chi connectivity index (χ3v) is 4.63. The van der Waals surface area contributed by atoms with Crippen molar-refractivity contribution in [3.8, 4) is 0 Å². The van der Waals surface area contributed by atoms with E-state index in [0.717, 1.165) is 22.2 Å². The van der Waals surface area contributed by atoms with E-state index in [0.29, 0.717) is 12.5 Å². The minimum absolute atomic E-state index is 0.110. The molecule has 94 valence electrons. The average molecular weight is 260 g/mol. The zero-order chi connectivity index (χ0) is 12.7. The zero-order valence-corrected chi connectivity index (χ0v) is 11.1. The highest BCUT2D eigenvalue weighted by atomic mass is 32.1. The van der Waals surface area contributed by atoms with Crippen LogP contribution in [0.4, 0.5) is 0 Å². The largest absolute Gasteiger partial charge is 0.337 e. The highest BCUT2D eigenvalue weighted by molar-refractivity contribution is 7.17. The number of amides is 1. The van der Waals surface area contributed by atoms with Gasteiger partial charge < -0.3 is 10.6 Å². The molecule has 2 atom stereocenters. The average Bonchev–Trinajstić information content (AvgIpc) is 2.93. The second-order valence-electron chi connectivity index (χ2n) is 5.00. The number of hydrogen-bond donors (Lipinski definition) is 1. The normalized spacial score (nSPS) is 23.8. The summed E-state index contributed by atoms with van der Waals surface area (Å²) in [5.41, 5.74) is 6.80. The van der Waals surface area contributed by atoms with Crippen LogP contribution in [-0.4, -0.2) is 29.9 Å². The number of rotatable bonds is 1. The van der Waals surface area contributed by atoms with Crippen molar-refractivity contribution in [1.29, 1.82) is 0 Å². The molecule has 18 heavy (non-hydrogen) atoms. The maximum Gasteiger partial charge on any atom is 0.255 e. The quantitative estimate of drug-likeness (QED) is 0.855. The summed E-state index contributed by atoms with van der Waals surface area (Å²) in [7, 11) is 0. The fourth-order valence-electron chi connectivity index (χ4n) is 2.47. The van der Waals surface area contributed by atoms with Gasteiger partial charge in [0.25, 0.3) is 5.91 Å². The third kappa shape index (κ3) is 1.82. The zero-order valence-electron chi connectivity index (χ0n) is 10.3. The molecule has 1 fully saturated rings. The Bertz CT molecular complexity index is 582. The third-order valence-electron chi connectivity index (χ3n) is 3.67. The Morgan fingerprint density at radius 2 is 2.17 bits per heavy atom. The number of thiophene rings is 1. The topological polar surface area (TPSA) is 46.3 Å². The highest BCUT2D eigenvalue weighted by Crippen LogP contribution is 2.28. The Morgan fingerprint density at radius 3 is 2.89 bits per heavy atom. The van der Waals surface area contributed by atoms with Gasteiger partial charge >= 0.3 is 0 Å². The molecule has 1 saturated heterocycles. The van der Waals surface area contributed by atoms with Gasteiger partial charge in [0.05, 0.1) is 5.56 Å². The van der Waals surface area contributed by atoms with E-state index in [-0.39, 0.29) is 11.9 Å². The van der Waals surface area contributed by atoms with E-state index in [9.17, 15) is 4.79 Å². The second-order valence-corrected chi connectivity index (χ2v) is 5.91. The van der Waals surface area contributed by atoms with Crippen LogP contribution in [0.2, 0.25) is 0 Å². The summed E-state index contributed by atoms with van der Waals surface area (Å²) in [5, 5.41) is 3.02. The van der Waals surface area contributed by atoms with E-state index in [4.69, 9.17) is 5.73 Å². The van der Waals surface area contributed by atoms with Crippen LogP contribution in [0, 0.1) is 5.92 Å². The van der Waals surface area contributed by atoms with Crippen molar-refractivity contribution in [3.05, 3.63) is 35.2 Å². The molecule has 1 aromatic carbocycles. The van der Waals surface area contributed by atoms with Crippen LogP contribution in [0.1, 0.15) is 17.3 Å². The first-order chi connectivity index (χ1) is 8.66. The van der Waals surface area contributed by atoms with Gasteiger partial charge in [-0.2, -0.15) is 0 Å². The fraction of sp³-hybridized carbons (Fsp3) is 0.357. The minimum Gasteiger partial charge on any atom is -0.337 e. The number of nitrogens with zero attached hydrogens (tertiary/aromatic N) is 1. The number of hydrogen-bond acceptors (Lipinski definition) is 3. The number of benzene rings is 1. The number of carbonyl (C=O) groups excluding carboxylic acids is 1. The molecule has 3 nitrogen and oxygen atoms in total. The summed E-state index contributed by atoms with van der Waals surface area (Å²) in [5.74, 6) is 0.506. The summed E-state index contributed by atoms with van der Waals surface area (Å²) in [6, 6.07) is 8.15. The maximum atomic E-state index is 12.5. The van der Waals surface area contributed by atoms with Crippen molar-refractivity contribution in [3.63, 3.8) is 0 Å². The van der Waals surface area contributed by atoms with Crippen molar-refractivity contribution >= 4 is 27.3 Å². The molecule has 0 saturated carbocycles. The first kappa shape index (κ1) is 11.7. The monoisotopic (exact) mass is 260 g/mol. The SMILES string of the molecule is CC1CN(C(=O)c2csc3ccccc23)CC1N. The predicted molar refractivity (Wildman–Crippen MR) is 74.9 cm³/mol. The Balaban J connectivity index is 1.93. The minimum atomic E-state index is 0.110. The van der Waals surface area contributed by atoms with Crippen LogP contribution in [0.25, 0.3) is 10.1 Å². The smallest absolute Gasteiger partial charge is 0.255 e. The lowest BCUT2D eigenvalue weighted by atomic mass is 10.1. The molecule has 0 aliphatic carbocycles. The second kappa shape index (κ2) is 4.37. The standard InChI is InChI=1S/C14H16N2OS/c1-9-6-16(7-12(9)15)14(17)11-8-18-13-5-3-2-4-10(11)13/h2-5,8-9,12H,6-7,15H2,1H3. The number of fused-ring (bicyclic) bond motifs is 1. The van der Waals surface area contributed by atoms with Gasteiger partial charge in [-0.05, 0) is 12.0 Å². The van der Waals surface area contributed by atoms with E-state index in [1.807, 2.05) is 28.5 Å². The molecule has 3 rings (SSSR count). The first-order valence-electron chi connectivity index (χ1n) is 6.18. The van der Waals surface area contributed by atoms with E-state index in [1.54, 1.807) is 11.3 Å². The van der Waals surface area contributed by atoms with Gasteiger partial charge in [-0.3, -0.25) is 4.79 Å². The molecule has 0 spiro atoms.